The lowest BCUT2D eigenvalue weighted by atomic mass is 10.1. The van der Waals surface area contributed by atoms with Crippen molar-refractivity contribution in [2.75, 3.05) is 24.4 Å². The molecule has 0 fully saturated rings. The van der Waals surface area contributed by atoms with Gasteiger partial charge in [-0.3, -0.25) is 4.79 Å². The minimum Gasteiger partial charge on any atom is -0.497 e. The molecule has 0 unspecified atom stereocenters. The maximum Gasteiger partial charge on any atom is 0.267 e. The molecule has 0 spiro atoms. The number of fused-ring (bicyclic) bond motifs is 1. The van der Waals surface area contributed by atoms with Gasteiger partial charge in [0.25, 0.3) is 5.91 Å². The van der Waals surface area contributed by atoms with E-state index in [4.69, 9.17) is 15.5 Å². The Morgan fingerprint density at radius 1 is 1.14 bits per heavy atom. The molecule has 0 saturated heterocycles. The summed E-state index contributed by atoms with van der Waals surface area (Å²) in [4.78, 5) is 19.8. The first-order valence-electron chi connectivity index (χ1n) is 8.88. The van der Waals surface area contributed by atoms with E-state index >= 15 is 0 Å². The van der Waals surface area contributed by atoms with Crippen LogP contribution in [0, 0.1) is 0 Å². The predicted molar refractivity (Wildman–Crippen MR) is 122 cm³/mol. The van der Waals surface area contributed by atoms with E-state index < -0.39 is 0 Å². The molecule has 0 radical (unpaired) electrons. The Labute approximate surface area is 176 Å². The van der Waals surface area contributed by atoms with Gasteiger partial charge in [-0.2, -0.15) is 0 Å². The number of amides is 1. The van der Waals surface area contributed by atoms with Crippen LogP contribution in [-0.2, 0) is 0 Å². The quantitative estimate of drug-likeness (QED) is 0.414. The van der Waals surface area contributed by atoms with Crippen LogP contribution in [0.4, 0.5) is 11.4 Å². The van der Waals surface area contributed by atoms with Gasteiger partial charge in [-0.15, -0.1) is 23.1 Å². The molecule has 29 heavy (non-hydrogen) atoms. The molecule has 3 N–H and O–H groups in total. The third kappa shape index (κ3) is 3.92. The van der Waals surface area contributed by atoms with Gasteiger partial charge >= 0.3 is 0 Å². The van der Waals surface area contributed by atoms with Crippen LogP contribution in [0.1, 0.15) is 9.67 Å². The number of hydrogen-bond donors (Lipinski definition) is 2. The summed E-state index contributed by atoms with van der Waals surface area (Å²) in [7, 11) is 1.63. The summed E-state index contributed by atoms with van der Waals surface area (Å²) < 4.78 is 5.29. The van der Waals surface area contributed by atoms with Crippen LogP contribution in [0.2, 0.25) is 0 Å². The fourth-order valence-electron chi connectivity index (χ4n) is 2.97. The Kier molecular flexibility index (Phi) is 5.42. The highest BCUT2D eigenvalue weighted by Crippen LogP contribution is 2.35. The summed E-state index contributed by atoms with van der Waals surface area (Å²) in [6, 6.07) is 19.2. The summed E-state index contributed by atoms with van der Waals surface area (Å²) in [5, 5.41) is 3.69. The lowest BCUT2D eigenvalue weighted by Gasteiger charge is -2.05. The Hall–Kier alpha value is -3.03. The Morgan fingerprint density at radius 2 is 1.93 bits per heavy atom. The highest BCUT2D eigenvalue weighted by atomic mass is 32.2. The van der Waals surface area contributed by atoms with Crippen molar-refractivity contribution in [3.05, 3.63) is 65.5 Å². The molecule has 7 heteroatoms. The number of anilines is 2. The topological polar surface area (TPSA) is 77.2 Å². The summed E-state index contributed by atoms with van der Waals surface area (Å²) >= 11 is 2.95. The molecule has 0 aliphatic carbocycles. The molecular formula is C22H19N3O2S2. The summed E-state index contributed by atoms with van der Waals surface area (Å²) in [6.45, 7) is 0. The number of nitrogens with two attached hydrogens (primary N) is 1. The van der Waals surface area contributed by atoms with Crippen molar-refractivity contribution in [1.82, 2.24) is 4.98 Å². The number of thioether (sulfide) groups is 1. The molecule has 1 amide bonds. The molecule has 4 aromatic rings. The van der Waals surface area contributed by atoms with E-state index in [0.29, 0.717) is 10.6 Å². The van der Waals surface area contributed by atoms with E-state index in [1.807, 2.05) is 66.9 Å². The highest BCUT2D eigenvalue weighted by Gasteiger charge is 2.18. The molecule has 0 aliphatic heterocycles. The van der Waals surface area contributed by atoms with Crippen molar-refractivity contribution >= 4 is 50.6 Å². The number of nitrogen functional groups attached to an aromatic ring is 1. The van der Waals surface area contributed by atoms with Crippen LogP contribution in [0.5, 0.6) is 5.75 Å². The van der Waals surface area contributed by atoms with Crippen LogP contribution in [0.3, 0.4) is 0 Å². The molecule has 146 valence electrons. The van der Waals surface area contributed by atoms with E-state index in [1.54, 1.807) is 18.9 Å². The van der Waals surface area contributed by atoms with Gasteiger partial charge in [0.1, 0.15) is 15.5 Å². The summed E-state index contributed by atoms with van der Waals surface area (Å²) in [5.74, 6) is 0.535. The fraction of sp³-hybridized carbons (Fsp3) is 0.0909. The molecular weight excluding hydrogens is 402 g/mol. The van der Waals surface area contributed by atoms with Gasteiger partial charge < -0.3 is 15.8 Å². The lowest BCUT2D eigenvalue weighted by molar-refractivity contribution is 0.103. The SMILES string of the molecule is COc1cccc(-c2ccc3c(N)c(C(=O)Nc4ccc(SC)cc4)sc3n2)c1. The number of benzene rings is 2. The van der Waals surface area contributed by atoms with E-state index in [9.17, 15) is 4.79 Å². The first-order chi connectivity index (χ1) is 14.1. The zero-order valence-corrected chi connectivity index (χ0v) is 17.6. The van der Waals surface area contributed by atoms with E-state index in [1.165, 1.54) is 11.3 Å². The molecule has 5 nitrogen and oxygen atoms in total. The average Bonchev–Trinajstić information content (AvgIpc) is 3.10. The van der Waals surface area contributed by atoms with Gasteiger partial charge in [0, 0.05) is 21.5 Å². The largest absolute Gasteiger partial charge is 0.497 e. The number of pyridine rings is 1. The number of hydrogen-bond acceptors (Lipinski definition) is 6. The second-order valence-electron chi connectivity index (χ2n) is 6.31. The van der Waals surface area contributed by atoms with Crippen LogP contribution in [0.25, 0.3) is 21.5 Å². The zero-order valence-electron chi connectivity index (χ0n) is 15.9. The molecule has 2 aromatic carbocycles. The zero-order chi connectivity index (χ0) is 20.4. The van der Waals surface area contributed by atoms with E-state index in [-0.39, 0.29) is 5.91 Å². The number of carbonyl (C=O) groups is 1. The molecule has 0 atom stereocenters. The molecule has 0 bridgehead atoms. The Bertz CT molecular complexity index is 1190. The van der Waals surface area contributed by atoms with Crippen molar-refractivity contribution in [2.45, 2.75) is 4.90 Å². The molecule has 0 aliphatic rings. The van der Waals surface area contributed by atoms with Crippen LogP contribution in [-0.4, -0.2) is 24.3 Å². The Morgan fingerprint density at radius 3 is 2.66 bits per heavy atom. The number of nitrogens with zero attached hydrogens (tertiary/aromatic N) is 1. The van der Waals surface area contributed by atoms with Gasteiger partial charge in [0.2, 0.25) is 0 Å². The molecule has 4 rings (SSSR count). The first kappa shape index (κ1) is 19.3. The van der Waals surface area contributed by atoms with Crippen molar-refractivity contribution < 1.29 is 9.53 Å². The number of aromatic nitrogens is 1. The fourth-order valence-corrected chi connectivity index (χ4v) is 4.37. The third-order valence-electron chi connectivity index (χ3n) is 4.51. The maximum absolute atomic E-state index is 12.8. The second kappa shape index (κ2) is 8.14. The summed E-state index contributed by atoms with van der Waals surface area (Å²) in [5.41, 5.74) is 9.19. The minimum absolute atomic E-state index is 0.231. The van der Waals surface area contributed by atoms with Crippen molar-refractivity contribution in [2.24, 2.45) is 0 Å². The van der Waals surface area contributed by atoms with Gasteiger partial charge in [0.15, 0.2) is 0 Å². The van der Waals surface area contributed by atoms with Crippen LogP contribution in [0.15, 0.2) is 65.6 Å². The maximum atomic E-state index is 12.8. The normalized spacial score (nSPS) is 10.8. The van der Waals surface area contributed by atoms with Gasteiger partial charge in [-0.25, -0.2) is 4.98 Å². The monoisotopic (exact) mass is 421 g/mol. The minimum atomic E-state index is -0.231. The molecule has 2 aromatic heterocycles. The van der Waals surface area contributed by atoms with Crippen LogP contribution < -0.4 is 15.8 Å². The third-order valence-corrected chi connectivity index (χ3v) is 6.37. The van der Waals surface area contributed by atoms with Gasteiger partial charge in [-0.05, 0) is 54.8 Å². The number of rotatable bonds is 5. The molecule has 0 saturated carbocycles. The first-order valence-corrected chi connectivity index (χ1v) is 10.9. The average molecular weight is 422 g/mol. The van der Waals surface area contributed by atoms with E-state index in [0.717, 1.165) is 37.8 Å². The van der Waals surface area contributed by atoms with Crippen LogP contribution >= 0.6 is 23.1 Å². The van der Waals surface area contributed by atoms with Gasteiger partial charge in [-0.1, -0.05) is 12.1 Å². The smallest absolute Gasteiger partial charge is 0.267 e. The highest BCUT2D eigenvalue weighted by molar-refractivity contribution is 7.98. The van der Waals surface area contributed by atoms with Crippen molar-refractivity contribution in [1.29, 1.82) is 0 Å². The number of ether oxygens (including phenoxy) is 1. The second-order valence-corrected chi connectivity index (χ2v) is 8.19. The standard InChI is InChI=1S/C22H19N3O2S2/c1-27-15-5-3-4-13(12-15)18-11-10-17-19(23)20(29-22(17)25-18)21(26)24-14-6-8-16(28-2)9-7-14/h3-12H,23H2,1-2H3,(H,24,26). The number of carbonyl (C=O) groups excluding carboxylic acids is 1. The molecule has 2 heterocycles. The Balaban J connectivity index is 1.64. The number of methoxy groups -OCH3 is 1. The van der Waals surface area contributed by atoms with Crippen molar-refractivity contribution in [3.63, 3.8) is 0 Å². The summed E-state index contributed by atoms with van der Waals surface area (Å²) in [6.07, 6.45) is 2.01. The number of nitrogens with one attached hydrogen (secondary N) is 1. The van der Waals surface area contributed by atoms with E-state index in [2.05, 4.69) is 5.32 Å². The lowest BCUT2D eigenvalue weighted by Crippen LogP contribution is -2.11. The van der Waals surface area contributed by atoms with Gasteiger partial charge in [0.05, 0.1) is 18.5 Å². The number of thiophene rings is 1. The predicted octanol–water partition coefficient (Wildman–Crippen LogP) is 5.53. The van der Waals surface area contributed by atoms with Crippen molar-refractivity contribution in [3.8, 4) is 17.0 Å².